The first kappa shape index (κ1) is 22.8. The van der Waals surface area contributed by atoms with Crippen LogP contribution in [0.1, 0.15) is 34.7 Å². The van der Waals surface area contributed by atoms with Gasteiger partial charge in [-0.25, -0.2) is 4.79 Å². The molecule has 2 saturated heterocycles. The molecule has 0 bridgehead atoms. The Morgan fingerprint density at radius 3 is 2.59 bits per heavy atom. The number of carbonyl (C=O) groups excluding carboxylic acids is 1. The van der Waals surface area contributed by atoms with Crippen molar-refractivity contribution in [2.45, 2.75) is 36.8 Å². The number of rotatable bonds is 7. The van der Waals surface area contributed by atoms with Crippen LogP contribution in [0, 0.1) is 0 Å². The van der Waals surface area contributed by atoms with Crippen LogP contribution >= 0.6 is 0 Å². The molecule has 3 fully saturated rings. The number of aromatic carboxylic acids is 1. The van der Waals surface area contributed by atoms with Crippen molar-refractivity contribution in [3.05, 3.63) is 23.3 Å². The Morgan fingerprint density at radius 1 is 1.28 bits per heavy atom. The molecule has 1 amide bonds. The molecule has 2 aliphatic heterocycles. The van der Waals surface area contributed by atoms with Crippen LogP contribution in [0.5, 0.6) is 11.5 Å². The van der Waals surface area contributed by atoms with E-state index in [1.54, 1.807) is 11.0 Å². The summed E-state index contributed by atoms with van der Waals surface area (Å²) in [6, 6.07) is 3.05. The Hall–Kier alpha value is -2.34. The SMILES string of the molecule is C[N+]1(C)CCOC(CC(=O)N2CC(Oc3ccc(C4CC4B(O)O)c(O)c3C(=O)O)C2)C1. The molecule has 3 atom stereocenters. The molecule has 4 rings (SSSR count). The summed E-state index contributed by atoms with van der Waals surface area (Å²) in [6.07, 6.45) is 0.293. The summed E-state index contributed by atoms with van der Waals surface area (Å²) in [5.74, 6) is -2.44. The number of quaternary nitrogens is 1. The molecule has 0 spiro atoms. The van der Waals surface area contributed by atoms with Crippen LogP contribution in [0.25, 0.3) is 0 Å². The molecule has 3 aliphatic rings. The van der Waals surface area contributed by atoms with Crippen LogP contribution in [0.15, 0.2) is 12.1 Å². The largest absolute Gasteiger partial charge is 0.507 e. The highest BCUT2D eigenvalue weighted by Crippen LogP contribution is 2.56. The topological polar surface area (TPSA) is 137 Å². The standard InChI is InChI=1S/C21H29BN2O8/c1-24(2)5-6-31-12(11-24)7-18(25)23-9-13(10-23)32-17-4-3-14(15-8-16(15)22(29)30)20(26)19(17)21(27)28/h3-4,12-13,15-16,29-30H,5-11H2,1-2H3,(H-,26,27,28)/p+1. The van der Waals surface area contributed by atoms with Gasteiger partial charge in [-0.15, -0.1) is 0 Å². The summed E-state index contributed by atoms with van der Waals surface area (Å²) >= 11 is 0. The van der Waals surface area contributed by atoms with Crippen molar-refractivity contribution >= 4 is 19.0 Å². The minimum atomic E-state index is -1.51. The number of carbonyl (C=O) groups is 2. The van der Waals surface area contributed by atoms with E-state index in [9.17, 15) is 29.9 Å². The third kappa shape index (κ3) is 4.70. The minimum Gasteiger partial charge on any atom is -0.507 e. The van der Waals surface area contributed by atoms with E-state index in [1.807, 2.05) is 0 Å². The van der Waals surface area contributed by atoms with E-state index < -0.39 is 24.7 Å². The van der Waals surface area contributed by atoms with Crippen molar-refractivity contribution in [2.24, 2.45) is 0 Å². The summed E-state index contributed by atoms with van der Waals surface area (Å²) in [5, 5.41) is 38.7. The molecule has 10 nitrogen and oxygen atoms in total. The lowest BCUT2D eigenvalue weighted by molar-refractivity contribution is -0.901. The number of hydrogen-bond acceptors (Lipinski definition) is 7. The van der Waals surface area contributed by atoms with Gasteiger partial charge in [0.05, 0.1) is 40.2 Å². The predicted molar refractivity (Wildman–Crippen MR) is 114 cm³/mol. The quantitative estimate of drug-likeness (QED) is 0.334. The molecule has 174 valence electrons. The van der Waals surface area contributed by atoms with E-state index in [0.29, 0.717) is 38.1 Å². The number of nitrogens with zero attached hydrogens (tertiary/aromatic N) is 2. The minimum absolute atomic E-state index is 0.0178. The van der Waals surface area contributed by atoms with Crippen LogP contribution in [-0.4, -0.2) is 108 Å². The first-order valence-electron chi connectivity index (χ1n) is 10.9. The molecule has 4 N–H and O–H groups in total. The number of aromatic hydroxyl groups is 1. The second-order valence-corrected chi connectivity index (χ2v) is 9.68. The van der Waals surface area contributed by atoms with Crippen molar-refractivity contribution in [3.8, 4) is 11.5 Å². The van der Waals surface area contributed by atoms with Crippen molar-refractivity contribution in [1.82, 2.24) is 4.90 Å². The Kier molecular flexibility index (Phi) is 6.10. The monoisotopic (exact) mass is 449 g/mol. The van der Waals surface area contributed by atoms with Gasteiger partial charge in [-0.3, -0.25) is 4.79 Å². The fourth-order valence-corrected chi connectivity index (χ4v) is 4.60. The van der Waals surface area contributed by atoms with Crippen LogP contribution in [0.3, 0.4) is 0 Å². The number of morpholine rings is 1. The van der Waals surface area contributed by atoms with Crippen molar-refractivity contribution in [2.75, 3.05) is 46.9 Å². The summed E-state index contributed by atoms with van der Waals surface area (Å²) in [4.78, 5) is 26.0. The average molecular weight is 449 g/mol. The number of carboxylic acid groups (broad SMARTS) is 1. The number of phenols is 1. The number of ether oxygens (including phenoxy) is 2. The van der Waals surface area contributed by atoms with Gasteiger partial charge in [-0.2, -0.15) is 0 Å². The van der Waals surface area contributed by atoms with Crippen molar-refractivity contribution in [1.29, 1.82) is 0 Å². The molecule has 1 saturated carbocycles. The number of benzene rings is 1. The molecule has 0 aromatic heterocycles. The van der Waals surface area contributed by atoms with Gasteiger partial charge in [0, 0.05) is 5.82 Å². The van der Waals surface area contributed by atoms with Gasteiger partial charge >= 0.3 is 13.1 Å². The van der Waals surface area contributed by atoms with Gasteiger partial charge in [0.2, 0.25) is 5.91 Å². The van der Waals surface area contributed by atoms with E-state index in [2.05, 4.69) is 14.1 Å². The van der Waals surface area contributed by atoms with E-state index in [-0.39, 0.29) is 35.3 Å². The van der Waals surface area contributed by atoms with Gasteiger partial charge in [0.25, 0.3) is 0 Å². The lowest BCUT2D eigenvalue weighted by Crippen LogP contribution is -2.58. The highest BCUT2D eigenvalue weighted by molar-refractivity contribution is 6.44. The molecule has 1 aliphatic carbocycles. The van der Waals surface area contributed by atoms with Gasteiger partial charge < -0.3 is 39.1 Å². The second kappa shape index (κ2) is 8.55. The fourth-order valence-electron chi connectivity index (χ4n) is 4.60. The first-order valence-corrected chi connectivity index (χ1v) is 10.9. The number of likely N-dealkylation sites (N-methyl/N-ethyl adjacent to an activating group) is 1. The zero-order chi connectivity index (χ0) is 23.2. The molecular weight excluding hydrogens is 419 g/mol. The maximum atomic E-state index is 12.6. The summed E-state index contributed by atoms with van der Waals surface area (Å²) < 4.78 is 12.3. The van der Waals surface area contributed by atoms with Crippen LogP contribution in [0.2, 0.25) is 5.82 Å². The normalized spacial score (nSPS) is 26.9. The summed E-state index contributed by atoms with van der Waals surface area (Å²) in [6.45, 7) is 3.01. The van der Waals surface area contributed by atoms with Crippen LogP contribution in [0.4, 0.5) is 0 Å². The van der Waals surface area contributed by atoms with Crippen LogP contribution < -0.4 is 4.74 Å². The second-order valence-electron chi connectivity index (χ2n) is 9.68. The Balaban J connectivity index is 1.35. The molecule has 2 heterocycles. The summed E-state index contributed by atoms with van der Waals surface area (Å²) in [7, 11) is 2.72. The maximum Gasteiger partial charge on any atom is 0.455 e. The van der Waals surface area contributed by atoms with Crippen molar-refractivity contribution < 1.29 is 43.8 Å². The molecule has 0 radical (unpaired) electrons. The number of amides is 1. The predicted octanol–water partition coefficient (Wildman–Crippen LogP) is -0.124. The fraction of sp³-hybridized carbons (Fsp3) is 0.619. The molecule has 11 heteroatoms. The first-order chi connectivity index (χ1) is 15.1. The molecule has 1 aromatic rings. The zero-order valence-corrected chi connectivity index (χ0v) is 18.3. The van der Waals surface area contributed by atoms with Gasteiger partial charge in [-0.05, 0) is 24.0 Å². The molecule has 1 aromatic carbocycles. The average Bonchev–Trinajstić information content (AvgIpc) is 3.43. The third-order valence-corrected chi connectivity index (χ3v) is 6.65. The molecular formula is C21H30BN2O8+. The smallest absolute Gasteiger partial charge is 0.455 e. The van der Waals surface area contributed by atoms with E-state index in [0.717, 1.165) is 17.6 Å². The zero-order valence-electron chi connectivity index (χ0n) is 18.3. The Labute approximate surface area is 186 Å². The van der Waals surface area contributed by atoms with Crippen LogP contribution in [-0.2, 0) is 9.53 Å². The highest BCUT2D eigenvalue weighted by Gasteiger charge is 2.48. The number of hydrogen-bond donors (Lipinski definition) is 4. The highest BCUT2D eigenvalue weighted by atomic mass is 16.5. The Bertz CT molecular complexity index is 902. The summed E-state index contributed by atoms with van der Waals surface area (Å²) in [5.41, 5.74) is 0.0213. The number of carboxylic acids is 1. The molecule has 3 unspecified atom stereocenters. The van der Waals surface area contributed by atoms with E-state index >= 15 is 0 Å². The van der Waals surface area contributed by atoms with Gasteiger partial charge in [-0.1, -0.05) is 6.07 Å². The van der Waals surface area contributed by atoms with Gasteiger partial charge in [0.15, 0.2) is 0 Å². The third-order valence-electron chi connectivity index (χ3n) is 6.65. The molecule has 32 heavy (non-hydrogen) atoms. The van der Waals surface area contributed by atoms with Gasteiger partial charge in [0.1, 0.15) is 42.4 Å². The lowest BCUT2D eigenvalue weighted by atomic mass is 9.81. The lowest BCUT2D eigenvalue weighted by Gasteiger charge is -2.41. The maximum absolute atomic E-state index is 12.6. The Morgan fingerprint density at radius 2 is 2.00 bits per heavy atom. The number of likely N-dealkylation sites (tertiary alicyclic amines) is 1. The van der Waals surface area contributed by atoms with E-state index in [4.69, 9.17) is 9.47 Å². The van der Waals surface area contributed by atoms with E-state index in [1.165, 1.54) is 6.07 Å². The van der Waals surface area contributed by atoms with Crippen molar-refractivity contribution in [3.63, 3.8) is 0 Å².